The number of para-hydroxylation sites is 1. The van der Waals surface area contributed by atoms with E-state index in [1.165, 1.54) is 6.33 Å². The second kappa shape index (κ2) is 6.75. The maximum atomic E-state index is 6.35. The number of pyridine rings is 1. The number of hydrogen-bond donors (Lipinski definition) is 1. The van der Waals surface area contributed by atoms with Gasteiger partial charge in [-0.2, -0.15) is 0 Å². The summed E-state index contributed by atoms with van der Waals surface area (Å²) >= 11 is 6.35. The Balaban J connectivity index is 1.60. The van der Waals surface area contributed by atoms with Gasteiger partial charge in [0.1, 0.15) is 23.6 Å². The van der Waals surface area contributed by atoms with E-state index in [1.54, 1.807) is 30.6 Å². The van der Waals surface area contributed by atoms with Gasteiger partial charge in [-0.25, -0.2) is 9.97 Å². The quantitative estimate of drug-likeness (QED) is 0.548. The monoisotopic (exact) mass is 348 g/mol. The molecule has 2 heterocycles. The molecule has 0 saturated heterocycles. The lowest BCUT2D eigenvalue weighted by Gasteiger charge is -2.11. The van der Waals surface area contributed by atoms with E-state index in [4.69, 9.17) is 16.3 Å². The highest BCUT2D eigenvalue weighted by Gasteiger charge is 2.07. The molecule has 2 aromatic carbocycles. The first-order valence-corrected chi connectivity index (χ1v) is 8.01. The average molecular weight is 349 g/mol. The highest BCUT2D eigenvalue weighted by Crippen LogP contribution is 2.32. The van der Waals surface area contributed by atoms with Crippen molar-refractivity contribution in [2.24, 2.45) is 0 Å². The molecule has 4 rings (SSSR count). The van der Waals surface area contributed by atoms with Crippen LogP contribution in [0.1, 0.15) is 0 Å². The molecule has 0 radical (unpaired) electrons. The average Bonchev–Trinajstić information content (AvgIpc) is 2.65. The summed E-state index contributed by atoms with van der Waals surface area (Å²) in [5.74, 6) is 1.92. The molecule has 0 aliphatic rings. The summed E-state index contributed by atoms with van der Waals surface area (Å²) in [7, 11) is 0. The van der Waals surface area contributed by atoms with Crippen molar-refractivity contribution in [2.75, 3.05) is 5.32 Å². The summed E-state index contributed by atoms with van der Waals surface area (Å²) in [6.45, 7) is 0. The molecule has 122 valence electrons. The topological polar surface area (TPSA) is 59.9 Å². The molecule has 0 bridgehead atoms. The van der Waals surface area contributed by atoms with Crippen molar-refractivity contribution in [2.45, 2.75) is 0 Å². The van der Waals surface area contributed by atoms with Crippen LogP contribution in [0.4, 0.5) is 11.5 Å². The van der Waals surface area contributed by atoms with Crippen molar-refractivity contribution < 1.29 is 4.74 Å². The minimum atomic E-state index is 0.493. The third kappa shape index (κ3) is 3.36. The van der Waals surface area contributed by atoms with E-state index >= 15 is 0 Å². The lowest BCUT2D eigenvalue weighted by Crippen LogP contribution is -1.96. The molecule has 2 aromatic heterocycles. The summed E-state index contributed by atoms with van der Waals surface area (Å²) in [6, 6.07) is 16.9. The molecular weight excluding hydrogens is 336 g/mol. The fraction of sp³-hybridized carbons (Fsp3) is 0. The van der Waals surface area contributed by atoms with Gasteiger partial charge in [0.25, 0.3) is 0 Å². The fourth-order valence-corrected chi connectivity index (χ4v) is 2.66. The third-order valence-electron chi connectivity index (χ3n) is 3.60. The molecule has 4 aromatic rings. The van der Waals surface area contributed by atoms with Crippen molar-refractivity contribution in [3.05, 3.63) is 78.3 Å². The van der Waals surface area contributed by atoms with E-state index in [9.17, 15) is 0 Å². The number of hydrogen-bond acceptors (Lipinski definition) is 5. The first-order valence-electron chi connectivity index (χ1n) is 7.64. The zero-order valence-corrected chi connectivity index (χ0v) is 13.8. The first kappa shape index (κ1) is 15.4. The number of anilines is 2. The molecule has 0 unspecified atom stereocenters. The Morgan fingerprint density at radius 1 is 0.960 bits per heavy atom. The number of nitrogens with zero attached hydrogens (tertiary/aromatic N) is 3. The van der Waals surface area contributed by atoms with E-state index < -0.39 is 0 Å². The molecule has 6 heteroatoms. The summed E-state index contributed by atoms with van der Waals surface area (Å²) in [6.07, 6.45) is 4.86. The molecule has 0 saturated carbocycles. The highest BCUT2D eigenvalue weighted by molar-refractivity contribution is 6.32. The predicted octanol–water partition coefficient (Wildman–Crippen LogP) is 5.21. The second-order valence-electron chi connectivity index (χ2n) is 5.30. The van der Waals surface area contributed by atoms with Gasteiger partial charge in [0, 0.05) is 17.3 Å². The van der Waals surface area contributed by atoms with Crippen molar-refractivity contribution in [1.82, 2.24) is 15.0 Å². The van der Waals surface area contributed by atoms with Crippen LogP contribution in [0, 0.1) is 0 Å². The number of aromatic nitrogens is 3. The van der Waals surface area contributed by atoms with Gasteiger partial charge in [-0.15, -0.1) is 0 Å². The smallest absolute Gasteiger partial charge is 0.146 e. The Kier molecular flexibility index (Phi) is 4.14. The molecule has 0 atom stereocenters. The Morgan fingerprint density at radius 2 is 1.88 bits per heavy atom. The van der Waals surface area contributed by atoms with Crippen molar-refractivity contribution in [3.63, 3.8) is 0 Å². The molecule has 0 aliphatic carbocycles. The number of fused-ring (bicyclic) bond motifs is 1. The van der Waals surface area contributed by atoms with E-state index in [0.29, 0.717) is 16.5 Å². The molecule has 1 N–H and O–H groups in total. The van der Waals surface area contributed by atoms with Crippen LogP contribution in [0.15, 0.2) is 73.3 Å². The second-order valence-corrected chi connectivity index (χ2v) is 5.71. The lowest BCUT2D eigenvalue weighted by molar-refractivity contribution is 0.480. The van der Waals surface area contributed by atoms with Crippen LogP contribution in [-0.4, -0.2) is 15.0 Å². The zero-order chi connectivity index (χ0) is 17.1. The largest absolute Gasteiger partial charge is 0.454 e. The number of halogens is 1. The van der Waals surface area contributed by atoms with Gasteiger partial charge >= 0.3 is 0 Å². The number of benzene rings is 2. The van der Waals surface area contributed by atoms with Crippen LogP contribution in [0.2, 0.25) is 5.02 Å². The maximum absolute atomic E-state index is 6.35. The van der Waals surface area contributed by atoms with Crippen LogP contribution in [-0.2, 0) is 0 Å². The summed E-state index contributed by atoms with van der Waals surface area (Å²) in [4.78, 5) is 12.6. The Hall–Kier alpha value is -3.18. The third-order valence-corrected chi connectivity index (χ3v) is 3.90. The van der Waals surface area contributed by atoms with E-state index in [2.05, 4.69) is 20.3 Å². The number of rotatable bonds is 4. The number of nitrogens with one attached hydrogen (secondary N) is 1. The van der Waals surface area contributed by atoms with Crippen molar-refractivity contribution >= 4 is 34.0 Å². The van der Waals surface area contributed by atoms with Crippen LogP contribution in [0.3, 0.4) is 0 Å². The van der Waals surface area contributed by atoms with E-state index in [-0.39, 0.29) is 0 Å². The standard InChI is InChI=1S/C19H13ClN4O/c20-16-10-13(7-8-18(16)25-14-4-3-9-21-11-14)24-19-15-5-1-2-6-17(15)22-12-23-19/h1-12H,(H,22,23,24). The zero-order valence-electron chi connectivity index (χ0n) is 13.1. The van der Waals surface area contributed by atoms with Crippen LogP contribution < -0.4 is 10.1 Å². The molecular formula is C19H13ClN4O. The summed E-state index contributed by atoms with van der Waals surface area (Å²) < 4.78 is 5.74. The summed E-state index contributed by atoms with van der Waals surface area (Å²) in [5.41, 5.74) is 1.69. The molecule has 0 spiro atoms. The van der Waals surface area contributed by atoms with Crippen LogP contribution >= 0.6 is 11.6 Å². The van der Waals surface area contributed by atoms with Gasteiger partial charge in [-0.3, -0.25) is 4.98 Å². The Labute approximate surface area is 149 Å². The lowest BCUT2D eigenvalue weighted by atomic mass is 10.2. The normalized spacial score (nSPS) is 10.6. The molecule has 0 fully saturated rings. The highest BCUT2D eigenvalue weighted by atomic mass is 35.5. The minimum Gasteiger partial charge on any atom is -0.454 e. The van der Waals surface area contributed by atoms with E-state index in [1.807, 2.05) is 36.4 Å². The minimum absolute atomic E-state index is 0.493. The van der Waals surface area contributed by atoms with E-state index in [0.717, 1.165) is 22.4 Å². The van der Waals surface area contributed by atoms with Crippen LogP contribution in [0.25, 0.3) is 10.9 Å². The van der Waals surface area contributed by atoms with Crippen LogP contribution in [0.5, 0.6) is 11.5 Å². The van der Waals surface area contributed by atoms with Crippen molar-refractivity contribution in [1.29, 1.82) is 0 Å². The Morgan fingerprint density at radius 3 is 2.72 bits per heavy atom. The molecule has 5 nitrogen and oxygen atoms in total. The van der Waals surface area contributed by atoms with Gasteiger partial charge in [-0.05, 0) is 42.5 Å². The first-order chi connectivity index (χ1) is 12.3. The molecule has 0 aliphatic heterocycles. The maximum Gasteiger partial charge on any atom is 0.146 e. The number of ether oxygens (including phenoxy) is 1. The van der Waals surface area contributed by atoms with Gasteiger partial charge in [-0.1, -0.05) is 23.7 Å². The SMILES string of the molecule is Clc1cc(Nc2ncnc3ccccc23)ccc1Oc1cccnc1. The van der Waals surface area contributed by atoms with Gasteiger partial charge in [0.15, 0.2) is 0 Å². The molecule has 0 amide bonds. The summed E-state index contributed by atoms with van der Waals surface area (Å²) in [5, 5.41) is 4.71. The van der Waals surface area contributed by atoms with Crippen molar-refractivity contribution in [3.8, 4) is 11.5 Å². The predicted molar refractivity (Wildman–Crippen MR) is 98.6 cm³/mol. The molecule has 25 heavy (non-hydrogen) atoms. The Bertz CT molecular complexity index is 1020. The van der Waals surface area contributed by atoms with Gasteiger partial charge < -0.3 is 10.1 Å². The fourth-order valence-electron chi connectivity index (χ4n) is 2.44. The van der Waals surface area contributed by atoms with Gasteiger partial charge in [0.05, 0.1) is 16.7 Å². The van der Waals surface area contributed by atoms with Gasteiger partial charge in [0.2, 0.25) is 0 Å².